The number of carboxylic acid groups (broad SMARTS) is 3. The summed E-state index contributed by atoms with van der Waals surface area (Å²) in [5, 5.41) is 40.0. The molecule has 3 fully saturated rings. The van der Waals surface area contributed by atoms with Crippen molar-refractivity contribution in [2.75, 3.05) is 39.3 Å². The summed E-state index contributed by atoms with van der Waals surface area (Å²) in [6.07, 6.45) is 2.91. The van der Waals surface area contributed by atoms with E-state index in [-0.39, 0.29) is 54.7 Å². The lowest BCUT2D eigenvalue weighted by Gasteiger charge is -2.25. The third-order valence-corrected chi connectivity index (χ3v) is 11.0. The molecule has 3 aromatic carbocycles. The van der Waals surface area contributed by atoms with Gasteiger partial charge in [0.15, 0.2) is 0 Å². The van der Waals surface area contributed by atoms with Crippen LogP contribution in [0.2, 0.25) is 0 Å². The number of hydrogen-bond donors (Lipinski definition) is 6. The van der Waals surface area contributed by atoms with Crippen LogP contribution in [0.1, 0.15) is 58.1 Å². The zero-order valence-corrected chi connectivity index (χ0v) is 29.6. The molecule has 52 heavy (non-hydrogen) atoms. The summed E-state index contributed by atoms with van der Waals surface area (Å²) in [5.74, 6) is -4.77. The molecule has 10 nitrogen and oxygen atoms in total. The van der Waals surface area contributed by atoms with E-state index in [1.165, 1.54) is 0 Å². The number of nitrogens with one attached hydrogen (secondary N) is 3. The van der Waals surface area contributed by atoms with E-state index in [0.29, 0.717) is 36.3 Å². The Balaban J connectivity index is 1.35. The molecular formula is C42H54N4O6. The molecule has 6 rings (SSSR count). The molecule has 6 unspecified atom stereocenters. The maximum absolute atomic E-state index is 12.4. The van der Waals surface area contributed by atoms with Crippen molar-refractivity contribution >= 4 is 17.9 Å². The van der Waals surface area contributed by atoms with Crippen molar-refractivity contribution < 1.29 is 35.2 Å². The predicted molar refractivity (Wildman–Crippen MR) is 200 cm³/mol. The van der Waals surface area contributed by atoms with Crippen molar-refractivity contribution in [1.29, 1.82) is 0 Å². The molecule has 0 aromatic heterocycles. The lowest BCUT2D eigenvalue weighted by atomic mass is 9.85. The van der Waals surface area contributed by atoms with Crippen LogP contribution in [0.3, 0.4) is 0 Å². The number of carboxylic acids is 3. The number of rotatable bonds is 18. The van der Waals surface area contributed by atoms with Gasteiger partial charge in [0.05, 0.1) is 17.8 Å². The number of carbonyl (C=O) groups is 3. The molecule has 3 saturated heterocycles. The van der Waals surface area contributed by atoms with Gasteiger partial charge in [0.25, 0.3) is 0 Å². The maximum atomic E-state index is 12.4. The summed E-state index contributed by atoms with van der Waals surface area (Å²) >= 11 is 0. The summed E-state index contributed by atoms with van der Waals surface area (Å²) in [6, 6.07) is 20.6. The first-order valence-corrected chi connectivity index (χ1v) is 18.6. The van der Waals surface area contributed by atoms with E-state index in [1.807, 2.05) is 12.1 Å². The zero-order chi connectivity index (χ0) is 40.0. The highest BCUT2D eigenvalue weighted by Crippen LogP contribution is 2.28. The van der Waals surface area contributed by atoms with Crippen LogP contribution in [0.25, 0.3) is 0 Å². The smallest absolute Gasteiger partial charge is 0.307 e. The first-order chi connectivity index (χ1) is 26.7. The molecular weight excluding hydrogens is 656 g/mol. The van der Waals surface area contributed by atoms with E-state index in [0.717, 1.165) is 49.4 Å². The van der Waals surface area contributed by atoms with Crippen LogP contribution in [-0.4, -0.2) is 77.4 Å². The second-order valence-electron chi connectivity index (χ2n) is 14.7. The summed E-state index contributed by atoms with van der Waals surface area (Å²) in [7, 11) is 0. The SMILES string of the molecule is [2H]C([2H])(c1cccc(CC(C(=O)O)C2CCNC2)c1)N(Cc1cccc(CC(C(=O)O)C2CCNC2)c1)C([2H])([2H])c1cccc(CC(C(=O)O)C2CCNC2)c1. The topological polar surface area (TPSA) is 151 Å². The second-order valence-corrected chi connectivity index (χ2v) is 14.7. The summed E-state index contributed by atoms with van der Waals surface area (Å²) in [4.78, 5) is 38.2. The van der Waals surface area contributed by atoms with Crippen LogP contribution in [0.5, 0.6) is 0 Å². The molecule has 0 saturated carbocycles. The number of benzene rings is 3. The monoisotopic (exact) mass is 714 g/mol. The van der Waals surface area contributed by atoms with Gasteiger partial charge in [-0.1, -0.05) is 72.8 Å². The third-order valence-electron chi connectivity index (χ3n) is 11.0. The van der Waals surface area contributed by atoms with Gasteiger partial charge >= 0.3 is 17.9 Å². The molecule has 6 N–H and O–H groups in total. The fourth-order valence-corrected chi connectivity index (χ4v) is 8.18. The van der Waals surface area contributed by atoms with E-state index in [9.17, 15) is 35.2 Å². The standard InChI is InChI=1S/C42H54N4O6/c47-40(48)37(34-10-13-43-22-34)19-28-4-1-7-31(16-28)25-46(26-32-8-2-5-29(17-32)20-38(41(49)50)35-11-14-44-23-35)27-33-9-3-6-30(18-33)21-39(42(51)52)36-12-15-45-24-36/h1-9,16-18,34-39,43-45H,10-15,19-27H2,(H,47,48)(H,49,50)(H,51,52)/i25D2,26D2. The molecule has 3 aliphatic rings. The zero-order valence-electron chi connectivity index (χ0n) is 33.6. The Morgan fingerprint density at radius 2 is 0.904 bits per heavy atom. The van der Waals surface area contributed by atoms with Crippen molar-refractivity contribution in [3.05, 3.63) is 106 Å². The number of hydrogen-bond acceptors (Lipinski definition) is 7. The second kappa shape index (κ2) is 18.1. The summed E-state index contributed by atoms with van der Waals surface area (Å²) in [5.41, 5.74) is 2.96. The Hall–Kier alpha value is -4.09. The van der Waals surface area contributed by atoms with Gasteiger partial charge < -0.3 is 31.3 Å². The van der Waals surface area contributed by atoms with Crippen molar-refractivity contribution in [3.8, 4) is 0 Å². The molecule has 6 atom stereocenters. The highest BCUT2D eigenvalue weighted by atomic mass is 16.4. The minimum Gasteiger partial charge on any atom is -0.481 e. The van der Waals surface area contributed by atoms with Crippen molar-refractivity contribution in [2.45, 2.75) is 58.1 Å². The van der Waals surface area contributed by atoms with Crippen LogP contribution in [0, 0.1) is 35.5 Å². The molecule has 0 radical (unpaired) electrons. The average Bonchev–Trinajstić information content (AvgIpc) is 4.00. The Bertz CT molecular complexity index is 1750. The van der Waals surface area contributed by atoms with Gasteiger partial charge in [-0.15, -0.1) is 0 Å². The number of aliphatic carboxylic acids is 3. The minimum absolute atomic E-state index is 0.0215. The minimum atomic E-state index is -2.43. The largest absolute Gasteiger partial charge is 0.481 e. The summed E-state index contributed by atoms with van der Waals surface area (Å²) in [6.45, 7) is -0.993. The lowest BCUT2D eigenvalue weighted by molar-refractivity contribution is -0.144. The molecule has 0 spiro atoms. The third kappa shape index (κ3) is 10.3. The molecule has 278 valence electrons. The quantitative estimate of drug-likeness (QED) is 0.112. The first-order valence-electron chi connectivity index (χ1n) is 20.6. The molecule has 10 heteroatoms. The van der Waals surface area contributed by atoms with E-state index in [2.05, 4.69) is 16.0 Å². The van der Waals surface area contributed by atoms with Gasteiger partial charge in [-0.05, 0) is 129 Å². The molecule has 0 amide bonds. The van der Waals surface area contributed by atoms with Crippen molar-refractivity contribution in [3.63, 3.8) is 0 Å². The Morgan fingerprint density at radius 3 is 1.23 bits per heavy atom. The van der Waals surface area contributed by atoms with Gasteiger partial charge in [0.2, 0.25) is 0 Å². The fraction of sp³-hybridized carbons (Fsp3) is 0.500. The normalized spacial score (nSPS) is 23.7. The van der Waals surface area contributed by atoms with E-state index >= 15 is 0 Å². The molecule has 3 aromatic rings. The van der Waals surface area contributed by atoms with Gasteiger partial charge in [-0.2, -0.15) is 0 Å². The number of nitrogens with zero attached hydrogens (tertiary/aromatic N) is 1. The van der Waals surface area contributed by atoms with Gasteiger partial charge in [-0.3, -0.25) is 19.3 Å². The van der Waals surface area contributed by atoms with Crippen LogP contribution < -0.4 is 16.0 Å². The maximum Gasteiger partial charge on any atom is 0.307 e. The average molecular weight is 715 g/mol. The van der Waals surface area contributed by atoms with Crippen molar-refractivity contribution in [1.82, 2.24) is 20.9 Å². The fourth-order valence-electron chi connectivity index (χ4n) is 8.18. The molecule has 0 aliphatic carbocycles. The van der Waals surface area contributed by atoms with Gasteiger partial charge in [-0.25, -0.2) is 0 Å². The van der Waals surface area contributed by atoms with E-state index in [4.69, 9.17) is 0 Å². The van der Waals surface area contributed by atoms with E-state index < -0.39 is 48.7 Å². The van der Waals surface area contributed by atoms with Crippen LogP contribution >= 0.6 is 0 Å². The lowest BCUT2D eigenvalue weighted by Crippen LogP contribution is -2.28. The Labute approximate surface area is 312 Å². The van der Waals surface area contributed by atoms with Crippen LogP contribution in [-0.2, 0) is 53.2 Å². The first kappa shape index (κ1) is 32.6. The molecule has 3 heterocycles. The Morgan fingerprint density at radius 1 is 0.577 bits per heavy atom. The van der Waals surface area contributed by atoms with E-state index in [1.54, 1.807) is 60.7 Å². The van der Waals surface area contributed by atoms with Crippen molar-refractivity contribution in [2.24, 2.45) is 35.5 Å². The molecule has 0 bridgehead atoms. The predicted octanol–water partition coefficient (Wildman–Crippen LogP) is 4.45. The highest BCUT2D eigenvalue weighted by molar-refractivity contribution is 5.72. The Kier molecular flexibility index (Phi) is 11.3. The van der Waals surface area contributed by atoms with Crippen LogP contribution in [0.15, 0.2) is 72.8 Å². The van der Waals surface area contributed by atoms with Crippen LogP contribution in [0.4, 0.5) is 0 Å². The highest BCUT2D eigenvalue weighted by Gasteiger charge is 2.33. The molecule has 3 aliphatic heterocycles. The summed E-state index contributed by atoms with van der Waals surface area (Å²) < 4.78 is 38.6. The van der Waals surface area contributed by atoms with Gasteiger partial charge in [0, 0.05) is 25.0 Å². The van der Waals surface area contributed by atoms with Gasteiger partial charge in [0.1, 0.15) is 0 Å².